The molecule has 5 nitrogen and oxygen atoms in total. The van der Waals surface area contributed by atoms with Gasteiger partial charge < -0.3 is 9.47 Å². The van der Waals surface area contributed by atoms with Gasteiger partial charge in [-0.2, -0.15) is 0 Å². The highest BCUT2D eigenvalue weighted by Gasteiger charge is 2.34. The van der Waals surface area contributed by atoms with Gasteiger partial charge >= 0.3 is 0 Å². The van der Waals surface area contributed by atoms with Crippen molar-refractivity contribution in [3.8, 4) is 5.75 Å². The van der Waals surface area contributed by atoms with Crippen LogP contribution in [0.3, 0.4) is 0 Å². The van der Waals surface area contributed by atoms with Crippen LogP contribution >= 0.6 is 57.6 Å². The summed E-state index contributed by atoms with van der Waals surface area (Å²) < 4.78 is 11.9. The van der Waals surface area contributed by atoms with Gasteiger partial charge in [0.05, 0.1) is 15.0 Å². The van der Waals surface area contributed by atoms with Gasteiger partial charge in [0, 0.05) is 23.8 Å². The molecule has 0 spiro atoms. The third-order valence-electron chi connectivity index (χ3n) is 4.22. The summed E-state index contributed by atoms with van der Waals surface area (Å²) in [5, 5.41) is 0.370. The highest BCUT2D eigenvalue weighted by atomic mass is 127. The summed E-state index contributed by atoms with van der Waals surface area (Å²) in [6.45, 7) is 1.13. The normalized spacial score (nSPS) is 15.3. The first-order valence-corrected chi connectivity index (χ1v) is 11.6. The molecule has 9 heteroatoms. The topological polar surface area (TPSA) is 55.8 Å². The molecule has 158 valence electrons. The number of rotatable bonds is 8. The maximum Gasteiger partial charge on any atom is 0.293 e. The van der Waals surface area contributed by atoms with Crippen molar-refractivity contribution in [1.29, 1.82) is 0 Å². The Morgan fingerprint density at radius 1 is 1.13 bits per heavy atom. The first-order valence-electron chi connectivity index (χ1n) is 8.99. The van der Waals surface area contributed by atoms with Crippen LogP contribution in [0, 0.1) is 3.57 Å². The Bertz CT molecular complexity index is 958. The number of carbonyl (C=O) groups excluding carboxylic acids is 2. The van der Waals surface area contributed by atoms with Crippen molar-refractivity contribution in [2.75, 3.05) is 20.3 Å². The van der Waals surface area contributed by atoms with E-state index in [9.17, 15) is 9.59 Å². The van der Waals surface area contributed by atoms with Crippen molar-refractivity contribution in [2.24, 2.45) is 0 Å². The summed E-state index contributed by atoms with van der Waals surface area (Å²) in [7, 11) is 1.58. The summed E-state index contributed by atoms with van der Waals surface area (Å²) in [5.41, 5.74) is 1.61. The Morgan fingerprint density at radius 3 is 2.43 bits per heavy atom. The Balaban J connectivity index is 1.72. The Kier molecular flexibility index (Phi) is 8.47. The zero-order valence-electron chi connectivity index (χ0n) is 16.0. The van der Waals surface area contributed by atoms with Crippen LogP contribution in [0.15, 0.2) is 41.3 Å². The van der Waals surface area contributed by atoms with Gasteiger partial charge in [0.25, 0.3) is 11.1 Å². The molecule has 0 saturated carbocycles. The van der Waals surface area contributed by atoms with Crippen LogP contribution < -0.4 is 4.74 Å². The number of imide groups is 1. The molecule has 0 radical (unpaired) electrons. The molecule has 1 fully saturated rings. The largest absolute Gasteiger partial charge is 0.486 e. The SMILES string of the molecule is COCCCN1C(=O)S/C(=C/c2cc(Cl)c(OCc3ccc(I)cc3)c(Cl)c2)C1=O. The third-order valence-corrected chi connectivity index (χ3v) is 6.41. The van der Waals surface area contributed by atoms with Gasteiger partial charge in [-0.1, -0.05) is 35.3 Å². The van der Waals surface area contributed by atoms with Crippen molar-refractivity contribution in [2.45, 2.75) is 13.0 Å². The summed E-state index contributed by atoms with van der Waals surface area (Å²) in [6, 6.07) is 11.3. The van der Waals surface area contributed by atoms with Crippen molar-refractivity contribution < 1.29 is 19.1 Å². The monoisotopic (exact) mass is 577 g/mol. The molecular formula is C21H18Cl2INO4S. The molecule has 1 aliphatic rings. The number of thioether (sulfide) groups is 1. The Hall–Kier alpha value is -1.26. The van der Waals surface area contributed by atoms with Gasteiger partial charge in [0.15, 0.2) is 5.75 Å². The van der Waals surface area contributed by atoms with E-state index < -0.39 is 0 Å². The number of carbonyl (C=O) groups is 2. The number of methoxy groups -OCH3 is 1. The maximum absolute atomic E-state index is 12.5. The second-order valence-electron chi connectivity index (χ2n) is 6.41. The van der Waals surface area contributed by atoms with E-state index in [4.69, 9.17) is 32.7 Å². The lowest BCUT2D eigenvalue weighted by Crippen LogP contribution is -2.29. The molecule has 1 saturated heterocycles. The van der Waals surface area contributed by atoms with Crippen LogP contribution in [0.1, 0.15) is 17.5 Å². The van der Waals surface area contributed by atoms with Gasteiger partial charge in [-0.25, -0.2) is 0 Å². The lowest BCUT2D eigenvalue weighted by atomic mass is 10.2. The molecule has 0 unspecified atom stereocenters. The minimum absolute atomic E-state index is 0.294. The number of ether oxygens (including phenoxy) is 2. The molecule has 1 heterocycles. The quantitative estimate of drug-likeness (QED) is 0.211. The lowest BCUT2D eigenvalue weighted by molar-refractivity contribution is -0.122. The van der Waals surface area contributed by atoms with Crippen LogP contribution in [0.25, 0.3) is 6.08 Å². The molecule has 3 rings (SSSR count). The number of halogens is 3. The van der Waals surface area contributed by atoms with Gasteiger partial charge in [0.1, 0.15) is 6.61 Å². The number of nitrogens with zero attached hydrogens (tertiary/aromatic N) is 1. The molecule has 0 bridgehead atoms. The molecule has 1 aliphatic heterocycles. The molecule has 0 aliphatic carbocycles. The van der Waals surface area contributed by atoms with E-state index in [1.54, 1.807) is 25.3 Å². The summed E-state index contributed by atoms with van der Waals surface area (Å²) in [6.07, 6.45) is 2.20. The summed E-state index contributed by atoms with van der Waals surface area (Å²) in [5.74, 6) is 0.0501. The van der Waals surface area contributed by atoms with E-state index in [0.29, 0.717) is 52.4 Å². The Morgan fingerprint density at radius 2 is 1.80 bits per heavy atom. The second-order valence-corrected chi connectivity index (χ2v) is 9.46. The maximum atomic E-state index is 12.5. The smallest absolute Gasteiger partial charge is 0.293 e. The number of hydrogen-bond donors (Lipinski definition) is 0. The van der Waals surface area contributed by atoms with Gasteiger partial charge in [0.2, 0.25) is 0 Å². The van der Waals surface area contributed by atoms with Crippen LogP contribution in [0.4, 0.5) is 4.79 Å². The van der Waals surface area contributed by atoms with Crippen molar-refractivity contribution in [3.05, 3.63) is 66.0 Å². The van der Waals surface area contributed by atoms with Gasteiger partial charge in [-0.3, -0.25) is 14.5 Å². The molecule has 2 aromatic rings. The average Bonchev–Trinajstić information content (AvgIpc) is 2.96. The van der Waals surface area contributed by atoms with E-state index in [0.717, 1.165) is 20.9 Å². The Labute approximate surface area is 202 Å². The predicted molar refractivity (Wildman–Crippen MR) is 129 cm³/mol. The van der Waals surface area contributed by atoms with E-state index in [1.807, 2.05) is 24.3 Å². The third kappa shape index (κ3) is 5.91. The molecule has 0 aromatic heterocycles. The van der Waals surface area contributed by atoms with Crippen LogP contribution in [0.5, 0.6) is 5.75 Å². The number of hydrogen-bond acceptors (Lipinski definition) is 5. The highest BCUT2D eigenvalue weighted by Crippen LogP contribution is 2.37. The zero-order chi connectivity index (χ0) is 21.7. The molecule has 0 atom stereocenters. The average molecular weight is 578 g/mol. The van der Waals surface area contributed by atoms with Gasteiger partial charge in [-0.05, 0) is 82.2 Å². The molecule has 30 heavy (non-hydrogen) atoms. The molecule has 0 N–H and O–H groups in total. The van der Waals surface area contributed by atoms with Crippen molar-refractivity contribution in [1.82, 2.24) is 4.90 Å². The molecular weight excluding hydrogens is 560 g/mol. The number of amides is 2. The molecule has 2 aromatic carbocycles. The minimum Gasteiger partial charge on any atom is -0.486 e. The van der Waals surface area contributed by atoms with Crippen molar-refractivity contribution >= 4 is 74.8 Å². The fourth-order valence-electron chi connectivity index (χ4n) is 2.75. The van der Waals surface area contributed by atoms with E-state index in [-0.39, 0.29) is 11.1 Å². The fourth-order valence-corrected chi connectivity index (χ4v) is 4.59. The van der Waals surface area contributed by atoms with Crippen LogP contribution in [0.2, 0.25) is 10.0 Å². The second kappa shape index (κ2) is 10.9. The first-order chi connectivity index (χ1) is 14.4. The predicted octanol–water partition coefficient (Wildman–Crippen LogP) is 6.25. The van der Waals surface area contributed by atoms with E-state index >= 15 is 0 Å². The van der Waals surface area contributed by atoms with E-state index in [2.05, 4.69) is 22.6 Å². The fraction of sp³-hybridized carbons (Fsp3) is 0.238. The number of benzene rings is 2. The van der Waals surface area contributed by atoms with Crippen LogP contribution in [-0.4, -0.2) is 36.3 Å². The zero-order valence-corrected chi connectivity index (χ0v) is 20.5. The standard InChI is InChI=1S/C21H18Cl2INO4S/c1-28-8-2-7-25-20(26)18(30-21(25)27)11-14-9-16(22)19(17(23)10-14)29-12-13-3-5-15(24)6-4-13/h3-6,9-11H,2,7-8,12H2,1H3/b18-11+. The molecule has 2 amide bonds. The summed E-state index contributed by atoms with van der Waals surface area (Å²) in [4.78, 5) is 26.2. The lowest BCUT2D eigenvalue weighted by Gasteiger charge is -2.12. The van der Waals surface area contributed by atoms with E-state index in [1.165, 1.54) is 4.90 Å². The summed E-state index contributed by atoms with van der Waals surface area (Å²) >= 11 is 15.9. The van der Waals surface area contributed by atoms with Crippen molar-refractivity contribution in [3.63, 3.8) is 0 Å². The minimum atomic E-state index is -0.326. The highest BCUT2D eigenvalue weighted by molar-refractivity contribution is 14.1. The van der Waals surface area contributed by atoms with Crippen LogP contribution in [-0.2, 0) is 16.1 Å². The first kappa shape index (κ1) is 23.4. The van der Waals surface area contributed by atoms with Gasteiger partial charge in [-0.15, -0.1) is 0 Å².